The highest BCUT2D eigenvalue weighted by atomic mass is 127. The van der Waals surface area contributed by atoms with Crippen LogP contribution in [0.25, 0.3) is 0 Å². The van der Waals surface area contributed by atoms with Crippen LogP contribution in [0.2, 0.25) is 0 Å². The lowest BCUT2D eigenvalue weighted by molar-refractivity contribution is -0.145. The van der Waals surface area contributed by atoms with E-state index in [0.29, 0.717) is 0 Å². The van der Waals surface area contributed by atoms with E-state index in [1.54, 1.807) is 18.2 Å². The fourth-order valence-electron chi connectivity index (χ4n) is 2.85. The summed E-state index contributed by atoms with van der Waals surface area (Å²) in [7, 11) is 1.24. The molecule has 2 atom stereocenters. The molecular formula is C21H22FIN2O4. The molecule has 2 rings (SSSR count). The van der Waals surface area contributed by atoms with Crippen molar-refractivity contribution in [3.8, 4) is 0 Å². The summed E-state index contributed by atoms with van der Waals surface area (Å²) in [6, 6.07) is 11.5. The van der Waals surface area contributed by atoms with Crippen LogP contribution in [0.15, 0.2) is 48.5 Å². The highest BCUT2D eigenvalue weighted by Gasteiger charge is 2.27. The number of esters is 1. The maximum absolute atomic E-state index is 14.0. The van der Waals surface area contributed by atoms with Crippen molar-refractivity contribution >= 4 is 40.4 Å². The molecule has 2 N–H and O–H groups in total. The van der Waals surface area contributed by atoms with Gasteiger partial charge >= 0.3 is 5.97 Å². The Bertz CT molecular complexity index is 890. The number of amides is 2. The van der Waals surface area contributed by atoms with Crippen molar-refractivity contribution in [2.75, 3.05) is 7.11 Å². The Morgan fingerprint density at radius 1 is 1.03 bits per heavy atom. The molecule has 0 radical (unpaired) electrons. The van der Waals surface area contributed by atoms with Gasteiger partial charge in [-0.3, -0.25) is 9.59 Å². The first kappa shape index (κ1) is 22.8. The normalized spacial score (nSPS) is 12.6. The van der Waals surface area contributed by atoms with Crippen LogP contribution in [0.3, 0.4) is 0 Å². The minimum absolute atomic E-state index is 0.0464. The monoisotopic (exact) mass is 512 g/mol. The molecule has 2 aromatic carbocycles. The summed E-state index contributed by atoms with van der Waals surface area (Å²) in [6.07, 6.45) is 0.178. The molecule has 0 aliphatic carbocycles. The van der Waals surface area contributed by atoms with E-state index in [9.17, 15) is 18.8 Å². The molecule has 154 valence electrons. The van der Waals surface area contributed by atoms with E-state index < -0.39 is 35.7 Å². The van der Waals surface area contributed by atoms with Gasteiger partial charge in [0.2, 0.25) is 11.8 Å². The van der Waals surface area contributed by atoms with E-state index in [2.05, 4.69) is 33.2 Å². The Balaban J connectivity index is 2.19. The number of carbonyl (C=O) groups is 3. The third-order valence-corrected chi connectivity index (χ3v) is 4.88. The Morgan fingerprint density at radius 2 is 1.76 bits per heavy atom. The Labute approximate surface area is 182 Å². The molecule has 0 fully saturated rings. The van der Waals surface area contributed by atoms with E-state index in [1.807, 2.05) is 24.3 Å². The molecule has 0 unspecified atom stereocenters. The van der Waals surface area contributed by atoms with Crippen molar-refractivity contribution in [3.05, 3.63) is 69.0 Å². The van der Waals surface area contributed by atoms with Gasteiger partial charge in [0, 0.05) is 23.3 Å². The molecule has 0 aliphatic rings. The van der Waals surface area contributed by atoms with Crippen LogP contribution in [0.1, 0.15) is 18.1 Å². The smallest absolute Gasteiger partial charge is 0.328 e. The van der Waals surface area contributed by atoms with Crippen LogP contribution in [-0.2, 0) is 32.0 Å². The van der Waals surface area contributed by atoms with Crippen molar-refractivity contribution in [2.45, 2.75) is 31.8 Å². The molecule has 8 heteroatoms. The number of hydrogen-bond donors (Lipinski definition) is 2. The number of benzene rings is 2. The molecule has 0 heterocycles. The molecule has 29 heavy (non-hydrogen) atoms. The van der Waals surface area contributed by atoms with Gasteiger partial charge in [-0.05, 0) is 51.9 Å². The van der Waals surface area contributed by atoms with E-state index >= 15 is 0 Å². The molecule has 0 bridgehead atoms. The maximum atomic E-state index is 14.0. The second-order valence-corrected chi connectivity index (χ2v) is 7.71. The zero-order valence-corrected chi connectivity index (χ0v) is 18.2. The molecule has 0 aliphatic heterocycles. The van der Waals surface area contributed by atoms with Gasteiger partial charge in [-0.1, -0.05) is 30.3 Å². The molecule has 0 saturated carbocycles. The third-order valence-electron chi connectivity index (χ3n) is 4.21. The summed E-state index contributed by atoms with van der Waals surface area (Å²) in [5.74, 6) is -2.11. The number of ether oxygens (including phenoxy) is 1. The number of hydrogen-bond acceptors (Lipinski definition) is 4. The SMILES string of the molecule is COC(=O)[C@@H](Cc1cccc(I)c1)NC(=O)[C@H](Cc1ccccc1F)NC(C)=O. The van der Waals surface area contributed by atoms with Gasteiger partial charge in [-0.25, -0.2) is 9.18 Å². The summed E-state index contributed by atoms with van der Waals surface area (Å²) in [4.78, 5) is 36.6. The van der Waals surface area contributed by atoms with Crippen LogP contribution in [0.5, 0.6) is 0 Å². The number of rotatable bonds is 8. The average Bonchev–Trinajstić information content (AvgIpc) is 2.67. The lowest BCUT2D eigenvalue weighted by atomic mass is 10.0. The molecule has 0 spiro atoms. The Kier molecular flexibility index (Phi) is 8.56. The van der Waals surface area contributed by atoms with Crippen LogP contribution in [-0.4, -0.2) is 37.0 Å². The van der Waals surface area contributed by atoms with Crippen molar-refractivity contribution in [1.82, 2.24) is 10.6 Å². The lowest BCUT2D eigenvalue weighted by Crippen LogP contribution is -2.53. The molecule has 2 aromatic rings. The molecular weight excluding hydrogens is 490 g/mol. The largest absolute Gasteiger partial charge is 0.467 e. The molecule has 0 aromatic heterocycles. The molecule has 6 nitrogen and oxygen atoms in total. The Hall–Kier alpha value is -2.49. The van der Waals surface area contributed by atoms with Gasteiger partial charge in [0.15, 0.2) is 0 Å². The van der Waals surface area contributed by atoms with Gasteiger partial charge < -0.3 is 15.4 Å². The first-order valence-corrected chi connectivity index (χ1v) is 10.0. The van der Waals surface area contributed by atoms with Crippen LogP contribution in [0, 0.1) is 9.39 Å². The van der Waals surface area contributed by atoms with Gasteiger partial charge in [-0.2, -0.15) is 0 Å². The summed E-state index contributed by atoms with van der Waals surface area (Å²) < 4.78 is 19.8. The van der Waals surface area contributed by atoms with Crippen molar-refractivity contribution in [3.63, 3.8) is 0 Å². The minimum Gasteiger partial charge on any atom is -0.467 e. The number of nitrogens with one attached hydrogen (secondary N) is 2. The van der Waals surface area contributed by atoms with Gasteiger partial charge in [0.25, 0.3) is 0 Å². The summed E-state index contributed by atoms with van der Waals surface area (Å²) in [5.41, 5.74) is 1.13. The van der Waals surface area contributed by atoms with Crippen LogP contribution in [0.4, 0.5) is 4.39 Å². The standard InChI is InChI=1S/C21H22FIN2O4/c1-13(26)24-18(12-15-7-3-4-9-17(15)22)20(27)25-19(21(28)29-2)11-14-6-5-8-16(23)10-14/h3-10,18-19H,11-12H2,1-2H3,(H,24,26)(H,25,27)/t18-,19+/m0/s1. The average molecular weight is 512 g/mol. The van der Waals surface area contributed by atoms with E-state index in [0.717, 1.165) is 9.13 Å². The first-order valence-electron chi connectivity index (χ1n) is 8.93. The van der Waals surface area contributed by atoms with Gasteiger partial charge in [-0.15, -0.1) is 0 Å². The van der Waals surface area contributed by atoms with Crippen molar-refractivity contribution < 1.29 is 23.5 Å². The summed E-state index contributed by atoms with van der Waals surface area (Å²) >= 11 is 2.16. The highest BCUT2D eigenvalue weighted by Crippen LogP contribution is 2.12. The molecule has 0 saturated heterocycles. The predicted molar refractivity (Wildman–Crippen MR) is 115 cm³/mol. The minimum atomic E-state index is -1.03. The van der Waals surface area contributed by atoms with Crippen molar-refractivity contribution in [1.29, 1.82) is 0 Å². The second-order valence-electron chi connectivity index (χ2n) is 6.47. The van der Waals surface area contributed by atoms with Gasteiger partial charge in [0.05, 0.1) is 7.11 Å². The maximum Gasteiger partial charge on any atom is 0.328 e. The quantitative estimate of drug-likeness (QED) is 0.421. The predicted octanol–water partition coefficient (Wildman–Crippen LogP) is 2.38. The van der Waals surface area contributed by atoms with E-state index in [-0.39, 0.29) is 18.4 Å². The number of carbonyl (C=O) groups excluding carboxylic acids is 3. The summed E-state index contributed by atoms with van der Waals surface area (Å²) in [5, 5.41) is 5.15. The summed E-state index contributed by atoms with van der Waals surface area (Å²) in [6.45, 7) is 1.27. The zero-order chi connectivity index (χ0) is 21.4. The van der Waals surface area contributed by atoms with E-state index in [1.165, 1.54) is 20.1 Å². The van der Waals surface area contributed by atoms with E-state index in [4.69, 9.17) is 4.74 Å². The topological polar surface area (TPSA) is 84.5 Å². The second kappa shape index (κ2) is 10.9. The first-order chi connectivity index (χ1) is 13.8. The van der Waals surface area contributed by atoms with Crippen LogP contribution >= 0.6 is 22.6 Å². The fourth-order valence-corrected chi connectivity index (χ4v) is 3.45. The highest BCUT2D eigenvalue weighted by molar-refractivity contribution is 14.1. The van der Waals surface area contributed by atoms with Gasteiger partial charge in [0.1, 0.15) is 17.9 Å². The third kappa shape index (κ3) is 7.12. The fraction of sp³-hybridized carbons (Fsp3) is 0.286. The number of halogens is 2. The van der Waals surface area contributed by atoms with Crippen LogP contribution < -0.4 is 10.6 Å². The Morgan fingerprint density at radius 3 is 2.38 bits per heavy atom. The number of methoxy groups -OCH3 is 1. The lowest BCUT2D eigenvalue weighted by Gasteiger charge is -2.22. The molecule has 2 amide bonds. The zero-order valence-electron chi connectivity index (χ0n) is 16.1. The van der Waals surface area contributed by atoms with Crippen molar-refractivity contribution in [2.24, 2.45) is 0 Å².